The first-order chi connectivity index (χ1) is 14.6. The van der Waals surface area contributed by atoms with Gasteiger partial charge in [-0.05, 0) is 56.9 Å². The molecule has 4 rings (SSSR count). The third-order valence-corrected chi connectivity index (χ3v) is 7.63. The Morgan fingerprint density at radius 3 is 2.43 bits per heavy atom. The minimum Gasteiger partial charge on any atom is -0.368 e. The molecule has 0 radical (unpaired) electrons. The molecule has 1 aromatic carbocycles. The Hall–Kier alpha value is -2.34. The summed E-state index contributed by atoms with van der Waals surface area (Å²) in [6.07, 6.45) is 2.57. The summed E-state index contributed by atoms with van der Waals surface area (Å²) in [6.45, 7) is 8.83. The van der Waals surface area contributed by atoms with Crippen LogP contribution in [0.3, 0.4) is 0 Å². The number of amides is 2. The zero-order valence-corrected chi connectivity index (χ0v) is 18.8. The third kappa shape index (κ3) is 4.24. The van der Waals surface area contributed by atoms with E-state index in [2.05, 4.69) is 29.2 Å². The van der Waals surface area contributed by atoms with E-state index in [1.54, 1.807) is 11.3 Å². The van der Waals surface area contributed by atoms with Crippen LogP contribution in [-0.4, -0.2) is 60.9 Å². The fourth-order valence-corrected chi connectivity index (χ4v) is 5.76. The van der Waals surface area contributed by atoms with Gasteiger partial charge < -0.3 is 14.7 Å². The Morgan fingerprint density at radius 1 is 1.07 bits per heavy atom. The van der Waals surface area contributed by atoms with Crippen molar-refractivity contribution in [3.05, 3.63) is 51.7 Å². The maximum atomic E-state index is 13.2. The molecule has 1 aromatic heterocycles. The molecule has 30 heavy (non-hydrogen) atoms. The van der Waals surface area contributed by atoms with Crippen LogP contribution in [0.15, 0.2) is 36.4 Å². The fourth-order valence-electron chi connectivity index (χ4n) is 4.59. The molecule has 0 N–H and O–H groups in total. The summed E-state index contributed by atoms with van der Waals surface area (Å²) in [5.74, 6) is 0.460. The average Bonchev–Trinajstić information content (AvgIpc) is 3.23. The summed E-state index contributed by atoms with van der Waals surface area (Å²) >= 11 is 1.63. The van der Waals surface area contributed by atoms with Crippen molar-refractivity contribution >= 4 is 28.8 Å². The van der Waals surface area contributed by atoms with Gasteiger partial charge in [0.15, 0.2) is 0 Å². The Kier molecular flexibility index (Phi) is 6.42. The van der Waals surface area contributed by atoms with Crippen LogP contribution in [0, 0.1) is 5.92 Å². The van der Waals surface area contributed by atoms with Gasteiger partial charge >= 0.3 is 0 Å². The van der Waals surface area contributed by atoms with Crippen LogP contribution in [-0.2, 0) is 17.6 Å². The van der Waals surface area contributed by atoms with Gasteiger partial charge in [-0.2, -0.15) is 0 Å². The molecule has 1 atom stereocenters. The first-order valence-corrected chi connectivity index (χ1v) is 11.9. The molecule has 1 aliphatic heterocycles. The molecule has 0 saturated carbocycles. The quantitative estimate of drug-likeness (QED) is 0.734. The Morgan fingerprint density at radius 2 is 1.77 bits per heavy atom. The number of thiophene rings is 1. The number of para-hydroxylation sites is 1. The van der Waals surface area contributed by atoms with E-state index in [0.717, 1.165) is 63.4 Å². The van der Waals surface area contributed by atoms with Crippen LogP contribution in [0.5, 0.6) is 0 Å². The SMILES string of the molecule is CCN(CC)C(=O)c1cc2c(s1)CCC(C(=O)N1CCN(c3ccccc3)CC1)C2. The number of hydrogen-bond donors (Lipinski definition) is 0. The Bertz CT molecular complexity index is 883. The highest BCUT2D eigenvalue weighted by atomic mass is 32.1. The third-order valence-electron chi connectivity index (χ3n) is 6.41. The van der Waals surface area contributed by atoms with E-state index >= 15 is 0 Å². The van der Waals surface area contributed by atoms with Crippen LogP contribution in [0.1, 0.15) is 40.4 Å². The second kappa shape index (κ2) is 9.21. The second-order valence-electron chi connectivity index (χ2n) is 8.12. The van der Waals surface area contributed by atoms with Crippen molar-refractivity contribution in [2.75, 3.05) is 44.2 Å². The lowest BCUT2D eigenvalue weighted by atomic mass is 9.87. The topological polar surface area (TPSA) is 43.9 Å². The van der Waals surface area contributed by atoms with Crippen LogP contribution in [0.25, 0.3) is 0 Å². The second-order valence-corrected chi connectivity index (χ2v) is 9.26. The lowest BCUT2D eigenvalue weighted by molar-refractivity contribution is -0.136. The van der Waals surface area contributed by atoms with E-state index in [1.165, 1.54) is 16.1 Å². The van der Waals surface area contributed by atoms with Crippen molar-refractivity contribution in [3.63, 3.8) is 0 Å². The van der Waals surface area contributed by atoms with E-state index in [1.807, 2.05) is 35.8 Å². The van der Waals surface area contributed by atoms with E-state index in [9.17, 15) is 9.59 Å². The highest BCUT2D eigenvalue weighted by Gasteiger charge is 2.32. The van der Waals surface area contributed by atoms with Crippen LogP contribution in [0.4, 0.5) is 5.69 Å². The number of nitrogens with zero attached hydrogens (tertiary/aromatic N) is 3. The maximum absolute atomic E-state index is 13.2. The number of carbonyl (C=O) groups excluding carboxylic acids is 2. The van der Waals surface area contributed by atoms with Gasteiger partial charge in [0.05, 0.1) is 4.88 Å². The highest BCUT2D eigenvalue weighted by molar-refractivity contribution is 7.14. The Balaban J connectivity index is 1.37. The molecule has 0 spiro atoms. The van der Waals surface area contributed by atoms with Crippen molar-refractivity contribution in [3.8, 4) is 0 Å². The Labute approximate surface area is 183 Å². The number of aryl methyl sites for hydroxylation is 1. The first kappa shape index (κ1) is 20.9. The largest absolute Gasteiger partial charge is 0.368 e. The predicted molar refractivity (Wildman–Crippen MR) is 122 cm³/mol. The van der Waals surface area contributed by atoms with Gasteiger partial charge in [-0.3, -0.25) is 9.59 Å². The van der Waals surface area contributed by atoms with Gasteiger partial charge in [0, 0.05) is 55.8 Å². The predicted octanol–water partition coefficient (Wildman–Crippen LogP) is 3.68. The summed E-state index contributed by atoms with van der Waals surface area (Å²) in [7, 11) is 0. The molecule has 2 aliphatic rings. The summed E-state index contributed by atoms with van der Waals surface area (Å²) < 4.78 is 0. The number of rotatable bonds is 5. The first-order valence-electron chi connectivity index (χ1n) is 11.1. The van der Waals surface area contributed by atoms with E-state index in [-0.39, 0.29) is 17.7 Å². The number of benzene rings is 1. The minimum absolute atomic E-state index is 0.0479. The molecule has 6 heteroatoms. The molecule has 0 bridgehead atoms. The molecule has 160 valence electrons. The molecule has 1 saturated heterocycles. The van der Waals surface area contributed by atoms with Gasteiger partial charge in [0.25, 0.3) is 5.91 Å². The standard InChI is InChI=1S/C24H31N3O2S/c1-3-25(4-2)24(29)22-17-19-16-18(10-11-21(19)30-22)23(28)27-14-12-26(13-15-27)20-8-6-5-7-9-20/h5-9,17-18H,3-4,10-16H2,1-2H3. The van der Waals surface area contributed by atoms with Crippen molar-refractivity contribution in [1.29, 1.82) is 0 Å². The summed E-state index contributed by atoms with van der Waals surface area (Å²) in [5.41, 5.74) is 2.44. The van der Waals surface area contributed by atoms with Crippen LogP contribution in [0.2, 0.25) is 0 Å². The highest BCUT2D eigenvalue weighted by Crippen LogP contribution is 2.34. The van der Waals surface area contributed by atoms with E-state index in [4.69, 9.17) is 0 Å². The van der Waals surface area contributed by atoms with Crippen molar-refractivity contribution in [1.82, 2.24) is 9.80 Å². The molecule has 1 unspecified atom stereocenters. The van der Waals surface area contributed by atoms with Crippen LogP contribution < -0.4 is 4.90 Å². The van der Waals surface area contributed by atoms with Crippen molar-refractivity contribution in [2.24, 2.45) is 5.92 Å². The van der Waals surface area contributed by atoms with Gasteiger partial charge in [0.2, 0.25) is 5.91 Å². The number of fused-ring (bicyclic) bond motifs is 1. The zero-order chi connectivity index (χ0) is 21.1. The monoisotopic (exact) mass is 425 g/mol. The number of piperazine rings is 1. The molecule has 2 aromatic rings. The summed E-state index contributed by atoms with van der Waals surface area (Å²) in [6, 6.07) is 12.5. The van der Waals surface area contributed by atoms with E-state index in [0.29, 0.717) is 0 Å². The summed E-state index contributed by atoms with van der Waals surface area (Å²) in [4.78, 5) is 34.3. The normalized spacial score (nSPS) is 18.8. The van der Waals surface area contributed by atoms with Crippen molar-refractivity contribution < 1.29 is 9.59 Å². The molecule has 1 aliphatic carbocycles. The lowest BCUT2D eigenvalue weighted by Crippen LogP contribution is -2.51. The smallest absolute Gasteiger partial charge is 0.263 e. The summed E-state index contributed by atoms with van der Waals surface area (Å²) in [5, 5.41) is 0. The lowest BCUT2D eigenvalue weighted by Gasteiger charge is -2.38. The number of carbonyl (C=O) groups is 2. The molecule has 1 fully saturated rings. The van der Waals surface area contributed by atoms with E-state index < -0.39 is 0 Å². The van der Waals surface area contributed by atoms with Gasteiger partial charge in [0.1, 0.15) is 0 Å². The average molecular weight is 426 g/mol. The molecular formula is C24H31N3O2S. The number of anilines is 1. The molecular weight excluding hydrogens is 394 g/mol. The minimum atomic E-state index is 0.0479. The van der Waals surface area contributed by atoms with Gasteiger partial charge in [-0.15, -0.1) is 11.3 Å². The molecule has 5 nitrogen and oxygen atoms in total. The maximum Gasteiger partial charge on any atom is 0.263 e. The molecule has 2 amide bonds. The van der Waals surface area contributed by atoms with Crippen LogP contribution >= 0.6 is 11.3 Å². The zero-order valence-electron chi connectivity index (χ0n) is 18.0. The van der Waals surface area contributed by atoms with Gasteiger partial charge in [-0.25, -0.2) is 0 Å². The fraction of sp³-hybridized carbons (Fsp3) is 0.500. The van der Waals surface area contributed by atoms with Crippen molar-refractivity contribution in [2.45, 2.75) is 33.1 Å². The van der Waals surface area contributed by atoms with Gasteiger partial charge in [-0.1, -0.05) is 18.2 Å². The molecule has 2 heterocycles. The number of hydrogen-bond acceptors (Lipinski definition) is 4.